The molecule has 1 fully saturated rings. The average Bonchev–Trinajstić information content (AvgIpc) is 2.30. The van der Waals surface area contributed by atoms with Gasteiger partial charge in [0.2, 0.25) is 0 Å². The minimum atomic E-state index is 0.732. The zero-order valence-corrected chi connectivity index (χ0v) is 11.3. The van der Waals surface area contributed by atoms with E-state index in [2.05, 4.69) is 30.8 Å². The van der Waals surface area contributed by atoms with E-state index in [4.69, 9.17) is 5.73 Å². The topological polar surface area (TPSA) is 32.5 Å². The highest BCUT2D eigenvalue weighted by Crippen LogP contribution is 2.27. The van der Waals surface area contributed by atoms with Crippen molar-refractivity contribution in [1.29, 1.82) is 0 Å². The van der Waals surface area contributed by atoms with E-state index in [1.54, 1.807) is 0 Å². The van der Waals surface area contributed by atoms with E-state index in [0.717, 1.165) is 31.6 Å². The zero-order valence-electron chi connectivity index (χ0n) is 11.3. The minimum absolute atomic E-state index is 0.732. The van der Waals surface area contributed by atoms with Gasteiger partial charge in [-0.05, 0) is 45.9 Å². The first-order valence-electron chi connectivity index (χ1n) is 6.77. The number of hydrogen-bond acceptors (Lipinski definition) is 3. The summed E-state index contributed by atoms with van der Waals surface area (Å²) >= 11 is 0. The standard InChI is InChI=1S/C13H29N3/c1-4-16(10-9-15(2)3)13-8-6-5-7-12(13)11-14/h12-13H,4-11,14H2,1-3H3. The van der Waals surface area contributed by atoms with E-state index in [9.17, 15) is 0 Å². The van der Waals surface area contributed by atoms with Crippen molar-refractivity contribution in [3.8, 4) is 0 Å². The molecule has 0 amide bonds. The third kappa shape index (κ3) is 4.04. The molecule has 0 heterocycles. The van der Waals surface area contributed by atoms with Crippen LogP contribution in [-0.4, -0.2) is 56.1 Å². The van der Waals surface area contributed by atoms with Crippen LogP contribution in [0.1, 0.15) is 32.6 Å². The molecule has 3 nitrogen and oxygen atoms in total. The number of nitrogens with two attached hydrogens (primary N) is 1. The quantitative estimate of drug-likeness (QED) is 0.744. The number of nitrogens with zero attached hydrogens (tertiary/aromatic N) is 2. The summed E-state index contributed by atoms with van der Waals surface area (Å²) in [4.78, 5) is 4.90. The fourth-order valence-corrected chi connectivity index (χ4v) is 2.83. The Morgan fingerprint density at radius 2 is 1.81 bits per heavy atom. The third-order valence-corrected chi connectivity index (χ3v) is 3.88. The average molecular weight is 227 g/mol. The lowest BCUT2D eigenvalue weighted by Crippen LogP contribution is -2.47. The Balaban J connectivity index is 2.48. The van der Waals surface area contributed by atoms with E-state index in [-0.39, 0.29) is 0 Å². The molecule has 0 radical (unpaired) electrons. The smallest absolute Gasteiger partial charge is 0.0136 e. The van der Waals surface area contributed by atoms with Crippen LogP contribution in [0, 0.1) is 5.92 Å². The SMILES string of the molecule is CCN(CCN(C)C)C1CCCCC1CN. The lowest BCUT2D eigenvalue weighted by molar-refractivity contribution is 0.105. The molecule has 1 aliphatic rings. The summed E-state index contributed by atoms with van der Waals surface area (Å²) in [5.41, 5.74) is 5.91. The maximum Gasteiger partial charge on any atom is 0.0136 e. The molecule has 2 unspecified atom stereocenters. The van der Waals surface area contributed by atoms with Gasteiger partial charge < -0.3 is 10.6 Å². The van der Waals surface area contributed by atoms with E-state index in [1.807, 2.05) is 0 Å². The Morgan fingerprint density at radius 1 is 1.12 bits per heavy atom. The van der Waals surface area contributed by atoms with Crippen molar-refractivity contribution < 1.29 is 0 Å². The Kier molecular flexibility index (Phi) is 6.32. The molecule has 0 aliphatic heterocycles. The second-order valence-electron chi connectivity index (χ2n) is 5.28. The van der Waals surface area contributed by atoms with E-state index in [1.165, 1.54) is 32.2 Å². The highest BCUT2D eigenvalue weighted by molar-refractivity contribution is 4.83. The van der Waals surface area contributed by atoms with Gasteiger partial charge in [-0.3, -0.25) is 4.90 Å². The highest BCUT2D eigenvalue weighted by atomic mass is 15.2. The van der Waals surface area contributed by atoms with Gasteiger partial charge in [0.15, 0.2) is 0 Å². The van der Waals surface area contributed by atoms with Crippen LogP contribution < -0.4 is 5.73 Å². The van der Waals surface area contributed by atoms with Gasteiger partial charge in [-0.2, -0.15) is 0 Å². The molecule has 2 atom stereocenters. The summed E-state index contributed by atoms with van der Waals surface area (Å²) < 4.78 is 0. The second-order valence-corrected chi connectivity index (χ2v) is 5.28. The Bertz CT molecular complexity index is 182. The lowest BCUT2D eigenvalue weighted by Gasteiger charge is -2.39. The first kappa shape index (κ1) is 13.9. The Hall–Kier alpha value is -0.120. The summed E-state index contributed by atoms with van der Waals surface area (Å²) in [6.45, 7) is 6.64. The molecule has 0 spiro atoms. The molecule has 0 bridgehead atoms. The third-order valence-electron chi connectivity index (χ3n) is 3.88. The first-order valence-corrected chi connectivity index (χ1v) is 6.77. The van der Waals surface area contributed by atoms with Crippen molar-refractivity contribution in [2.24, 2.45) is 11.7 Å². The van der Waals surface area contributed by atoms with Gasteiger partial charge in [-0.15, -0.1) is 0 Å². The normalized spacial score (nSPS) is 26.6. The fourth-order valence-electron chi connectivity index (χ4n) is 2.83. The van der Waals surface area contributed by atoms with Gasteiger partial charge in [-0.1, -0.05) is 19.8 Å². The van der Waals surface area contributed by atoms with Crippen LogP contribution >= 0.6 is 0 Å². The molecule has 1 rings (SSSR count). The molecular weight excluding hydrogens is 198 g/mol. The molecule has 1 aliphatic carbocycles. The minimum Gasteiger partial charge on any atom is -0.330 e. The molecule has 3 heteroatoms. The van der Waals surface area contributed by atoms with Gasteiger partial charge in [0.25, 0.3) is 0 Å². The van der Waals surface area contributed by atoms with Crippen LogP contribution in [0.25, 0.3) is 0 Å². The monoisotopic (exact) mass is 227 g/mol. The van der Waals surface area contributed by atoms with E-state index in [0.29, 0.717) is 0 Å². The molecule has 1 saturated carbocycles. The van der Waals surface area contributed by atoms with Gasteiger partial charge >= 0.3 is 0 Å². The highest BCUT2D eigenvalue weighted by Gasteiger charge is 2.28. The second kappa shape index (κ2) is 7.25. The lowest BCUT2D eigenvalue weighted by atomic mass is 9.83. The predicted molar refractivity (Wildman–Crippen MR) is 70.6 cm³/mol. The fraction of sp³-hybridized carbons (Fsp3) is 1.00. The van der Waals surface area contributed by atoms with Crippen LogP contribution in [-0.2, 0) is 0 Å². The molecule has 2 N–H and O–H groups in total. The number of likely N-dealkylation sites (N-methyl/N-ethyl adjacent to an activating group) is 2. The van der Waals surface area contributed by atoms with Gasteiger partial charge in [0.1, 0.15) is 0 Å². The van der Waals surface area contributed by atoms with Gasteiger partial charge in [-0.25, -0.2) is 0 Å². The summed E-state index contributed by atoms with van der Waals surface area (Å²) in [7, 11) is 4.30. The van der Waals surface area contributed by atoms with Gasteiger partial charge in [0, 0.05) is 19.1 Å². The maximum absolute atomic E-state index is 5.91. The molecule has 0 saturated heterocycles. The Morgan fingerprint density at radius 3 is 2.38 bits per heavy atom. The summed E-state index contributed by atoms with van der Waals surface area (Å²) in [6, 6.07) is 0.740. The molecule has 0 aromatic carbocycles. The summed E-state index contributed by atoms with van der Waals surface area (Å²) in [6.07, 6.45) is 5.45. The van der Waals surface area contributed by atoms with Crippen LogP contribution in [0.15, 0.2) is 0 Å². The molecule has 16 heavy (non-hydrogen) atoms. The summed E-state index contributed by atoms with van der Waals surface area (Å²) in [5.74, 6) is 0.732. The number of hydrogen-bond donors (Lipinski definition) is 1. The van der Waals surface area contributed by atoms with Crippen LogP contribution in [0.4, 0.5) is 0 Å². The van der Waals surface area contributed by atoms with Crippen LogP contribution in [0.5, 0.6) is 0 Å². The van der Waals surface area contributed by atoms with Crippen molar-refractivity contribution >= 4 is 0 Å². The summed E-state index contributed by atoms with van der Waals surface area (Å²) in [5, 5.41) is 0. The zero-order chi connectivity index (χ0) is 12.0. The molecule has 0 aromatic heterocycles. The first-order chi connectivity index (χ1) is 7.69. The molecule has 96 valence electrons. The largest absolute Gasteiger partial charge is 0.330 e. The van der Waals surface area contributed by atoms with Crippen molar-refractivity contribution in [2.75, 3.05) is 40.3 Å². The molecule has 0 aromatic rings. The number of rotatable bonds is 6. The van der Waals surface area contributed by atoms with E-state index >= 15 is 0 Å². The Labute approximate surface area is 101 Å². The van der Waals surface area contributed by atoms with Crippen LogP contribution in [0.2, 0.25) is 0 Å². The molecular formula is C13H29N3. The van der Waals surface area contributed by atoms with E-state index < -0.39 is 0 Å². The van der Waals surface area contributed by atoms with Crippen molar-refractivity contribution in [3.63, 3.8) is 0 Å². The van der Waals surface area contributed by atoms with Crippen molar-refractivity contribution in [3.05, 3.63) is 0 Å². The van der Waals surface area contributed by atoms with Gasteiger partial charge in [0.05, 0.1) is 0 Å². The van der Waals surface area contributed by atoms with Crippen molar-refractivity contribution in [2.45, 2.75) is 38.6 Å². The predicted octanol–water partition coefficient (Wildman–Crippen LogP) is 1.39. The maximum atomic E-state index is 5.91. The van der Waals surface area contributed by atoms with Crippen molar-refractivity contribution in [1.82, 2.24) is 9.80 Å². The van der Waals surface area contributed by atoms with Crippen LogP contribution in [0.3, 0.4) is 0 Å².